The van der Waals surface area contributed by atoms with Gasteiger partial charge in [0.1, 0.15) is 5.75 Å². The molecule has 0 bridgehead atoms. The maximum Gasteiger partial charge on any atom is 0.335 e. The van der Waals surface area contributed by atoms with Crippen LogP contribution in [0.2, 0.25) is 0 Å². The predicted molar refractivity (Wildman–Crippen MR) is 102 cm³/mol. The minimum absolute atomic E-state index is 0.237. The van der Waals surface area contributed by atoms with Crippen LogP contribution in [0, 0.1) is 5.92 Å². The van der Waals surface area contributed by atoms with E-state index in [0.29, 0.717) is 17.4 Å². The van der Waals surface area contributed by atoms with Crippen molar-refractivity contribution in [2.75, 3.05) is 12.4 Å². The lowest BCUT2D eigenvalue weighted by Crippen LogP contribution is -2.29. The molecule has 4 nitrogen and oxygen atoms in total. The molecule has 4 rings (SSSR count). The van der Waals surface area contributed by atoms with Crippen LogP contribution < -0.4 is 10.1 Å². The van der Waals surface area contributed by atoms with E-state index < -0.39 is 5.97 Å². The van der Waals surface area contributed by atoms with Crippen molar-refractivity contribution in [2.24, 2.45) is 5.92 Å². The summed E-state index contributed by atoms with van der Waals surface area (Å²) >= 11 is 0. The maximum atomic E-state index is 11.3. The molecule has 0 amide bonds. The number of carboxylic acid groups (broad SMARTS) is 1. The van der Waals surface area contributed by atoms with Crippen molar-refractivity contribution in [1.29, 1.82) is 0 Å². The van der Waals surface area contributed by atoms with E-state index in [4.69, 9.17) is 4.74 Å². The number of carboxylic acids is 1. The molecule has 4 heteroatoms. The quantitative estimate of drug-likeness (QED) is 0.813. The fourth-order valence-electron chi connectivity index (χ4n) is 4.81. The largest absolute Gasteiger partial charge is 0.497 e. The monoisotopic (exact) mass is 351 g/mol. The first kappa shape index (κ1) is 17.0. The van der Waals surface area contributed by atoms with Crippen LogP contribution in [-0.4, -0.2) is 18.2 Å². The summed E-state index contributed by atoms with van der Waals surface area (Å²) < 4.78 is 5.43. The van der Waals surface area contributed by atoms with Gasteiger partial charge in [0.25, 0.3) is 0 Å². The zero-order valence-corrected chi connectivity index (χ0v) is 15.3. The molecule has 2 aliphatic rings. The molecule has 1 saturated carbocycles. The highest BCUT2D eigenvalue weighted by Crippen LogP contribution is 2.53. The van der Waals surface area contributed by atoms with Crippen LogP contribution in [0.3, 0.4) is 0 Å². The summed E-state index contributed by atoms with van der Waals surface area (Å²) in [5.74, 6) is 1.12. The molecule has 1 aliphatic carbocycles. The third-order valence-corrected chi connectivity index (χ3v) is 6.07. The molecule has 1 fully saturated rings. The number of methoxy groups -OCH3 is 1. The fraction of sp³-hybridized carbons (Fsp3) is 0.409. The minimum atomic E-state index is -0.862. The van der Waals surface area contributed by atoms with Crippen molar-refractivity contribution < 1.29 is 14.6 Å². The van der Waals surface area contributed by atoms with Crippen molar-refractivity contribution in [3.63, 3.8) is 0 Å². The Hall–Kier alpha value is -2.49. The summed E-state index contributed by atoms with van der Waals surface area (Å²) in [6, 6.07) is 12.1. The highest BCUT2D eigenvalue weighted by Gasteiger charge is 2.41. The lowest BCUT2D eigenvalue weighted by molar-refractivity contribution is 0.0696. The van der Waals surface area contributed by atoms with Crippen molar-refractivity contribution in [2.45, 2.75) is 44.6 Å². The van der Waals surface area contributed by atoms with Gasteiger partial charge in [-0.05, 0) is 78.1 Å². The minimum Gasteiger partial charge on any atom is -0.497 e. The van der Waals surface area contributed by atoms with E-state index in [0.717, 1.165) is 17.7 Å². The average molecular weight is 351 g/mol. The number of fused-ring (bicyclic) bond motifs is 3. The first-order chi connectivity index (χ1) is 12.6. The van der Waals surface area contributed by atoms with E-state index in [-0.39, 0.29) is 6.04 Å². The Labute approximate surface area is 154 Å². The summed E-state index contributed by atoms with van der Waals surface area (Å²) in [5, 5.41) is 13.1. The Balaban J connectivity index is 1.77. The van der Waals surface area contributed by atoms with Crippen LogP contribution in [0.1, 0.15) is 65.2 Å². The zero-order valence-electron chi connectivity index (χ0n) is 15.3. The van der Waals surface area contributed by atoms with Gasteiger partial charge in [-0.25, -0.2) is 4.79 Å². The number of hydrogen-bond donors (Lipinski definition) is 2. The molecular formula is C22H25NO3. The highest BCUT2D eigenvalue weighted by atomic mass is 16.5. The molecule has 2 N–H and O–H groups in total. The van der Waals surface area contributed by atoms with Crippen LogP contribution in [0.15, 0.2) is 36.4 Å². The Morgan fingerprint density at radius 3 is 2.77 bits per heavy atom. The molecule has 1 heterocycles. The van der Waals surface area contributed by atoms with Gasteiger partial charge < -0.3 is 15.2 Å². The lowest BCUT2D eigenvalue weighted by Gasteiger charge is -2.38. The lowest BCUT2D eigenvalue weighted by atomic mass is 9.76. The van der Waals surface area contributed by atoms with Crippen LogP contribution in [0.4, 0.5) is 5.69 Å². The number of hydrogen-bond acceptors (Lipinski definition) is 3. The van der Waals surface area contributed by atoms with Gasteiger partial charge in [-0.1, -0.05) is 19.4 Å². The molecule has 3 atom stereocenters. The second-order valence-electron chi connectivity index (χ2n) is 7.35. The molecule has 0 aromatic heterocycles. The number of aromatic carboxylic acids is 1. The molecule has 0 unspecified atom stereocenters. The van der Waals surface area contributed by atoms with Crippen LogP contribution >= 0.6 is 0 Å². The molecule has 2 aromatic rings. The van der Waals surface area contributed by atoms with E-state index in [1.165, 1.54) is 36.1 Å². The number of rotatable bonds is 4. The van der Waals surface area contributed by atoms with Gasteiger partial charge in [-0.15, -0.1) is 0 Å². The van der Waals surface area contributed by atoms with Crippen LogP contribution in [0.25, 0.3) is 0 Å². The molecule has 136 valence electrons. The van der Waals surface area contributed by atoms with E-state index in [2.05, 4.69) is 24.4 Å². The Morgan fingerprint density at radius 1 is 1.19 bits per heavy atom. The summed E-state index contributed by atoms with van der Waals surface area (Å²) in [7, 11) is 1.71. The number of carbonyl (C=O) groups is 1. The SMILES string of the molecule is CCc1cc(C(=O)O)ccc1[C@@H]1Nc2ccc(OC)cc2[C@@H]2CCC[C@@H]21. The standard InChI is InChI=1S/C22H25NO3/c1-3-13-11-14(22(24)25)7-9-16(13)21-18-6-4-5-17(18)19-12-15(26-2)8-10-20(19)23-21/h7-12,17-18,21,23H,3-6H2,1-2H3,(H,24,25)/t17-,18+,21+/m1/s1. The maximum absolute atomic E-state index is 11.3. The number of nitrogens with one attached hydrogen (secondary N) is 1. The van der Waals surface area contributed by atoms with Gasteiger partial charge in [0, 0.05) is 5.69 Å². The Morgan fingerprint density at radius 2 is 2.04 bits per heavy atom. The number of ether oxygens (including phenoxy) is 1. The van der Waals surface area contributed by atoms with Gasteiger partial charge in [-0.3, -0.25) is 0 Å². The molecule has 2 aromatic carbocycles. The normalized spacial score (nSPS) is 23.7. The Bertz CT molecular complexity index is 845. The van der Waals surface area contributed by atoms with E-state index in [1.54, 1.807) is 13.2 Å². The summed E-state index contributed by atoms with van der Waals surface area (Å²) in [6.45, 7) is 2.10. The third-order valence-electron chi connectivity index (χ3n) is 6.07. The van der Waals surface area contributed by atoms with Crippen molar-refractivity contribution in [3.05, 3.63) is 58.7 Å². The number of aryl methyl sites for hydroxylation is 1. The van der Waals surface area contributed by atoms with Crippen LogP contribution in [-0.2, 0) is 6.42 Å². The number of benzene rings is 2. The van der Waals surface area contributed by atoms with Gasteiger partial charge >= 0.3 is 5.97 Å². The zero-order chi connectivity index (χ0) is 18.3. The third kappa shape index (κ3) is 2.74. The molecule has 26 heavy (non-hydrogen) atoms. The number of anilines is 1. The summed E-state index contributed by atoms with van der Waals surface area (Å²) in [4.78, 5) is 11.3. The average Bonchev–Trinajstić information content (AvgIpc) is 3.16. The summed E-state index contributed by atoms with van der Waals surface area (Å²) in [5.41, 5.74) is 5.29. The van der Waals surface area contributed by atoms with Crippen molar-refractivity contribution in [3.8, 4) is 5.75 Å². The topological polar surface area (TPSA) is 58.6 Å². The van der Waals surface area contributed by atoms with Crippen molar-refractivity contribution in [1.82, 2.24) is 0 Å². The van der Waals surface area contributed by atoms with Gasteiger partial charge in [-0.2, -0.15) is 0 Å². The summed E-state index contributed by atoms with van der Waals surface area (Å²) in [6.07, 6.45) is 4.47. The smallest absolute Gasteiger partial charge is 0.335 e. The van der Waals surface area contributed by atoms with E-state index in [1.807, 2.05) is 18.2 Å². The first-order valence-corrected chi connectivity index (χ1v) is 9.43. The molecular weight excluding hydrogens is 326 g/mol. The van der Waals surface area contributed by atoms with Crippen molar-refractivity contribution >= 4 is 11.7 Å². The second-order valence-corrected chi connectivity index (χ2v) is 7.35. The second kappa shape index (κ2) is 6.67. The van der Waals surface area contributed by atoms with Gasteiger partial charge in [0.15, 0.2) is 0 Å². The predicted octanol–water partition coefficient (Wildman–Crippen LogP) is 5.01. The van der Waals surface area contributed by atoms with E-state index in [9.17, 15) is 9.90 Å². The molecule has 0 spiro atoms. The molecule has 0 radical (unpaired) electrons. The van der Waals surface area contributed by atoms with E-state index >= 15 is 0 Å². The van der Waals surface area contributed by atoms with Gasteiger partial charge in [0.2, 0.25) is 0 Å². The highest BCUT2D eigenvalue weighted by molar-refractivity contribution is 5.88. The van der Waals surface area contributed by atoms with Crippen LogP contribution in [0.5, 0.6) is 5.75 Å². The molecule has 1 aliphatic heterocycles. The fourth-order valence-corrected chi connectivity index (χ4v) is 4.81. The Kier molecular flexibility index (Phi) is 4.35. The molecule has 0 saturated heterocycles. The first-order valence-electron chi connectivity index (χ1n) is 9.43. The van der Waals surface area contributed by atoms with Gasteiger partial charge in [0.05, 0.1) is 18.7 Å².